The van der Waals surface area contributed by atoms with Gasteiger partial charge in [-0.15, -0.1) is 0 Å². The number of aliphatic hydroxyl groups excluding tert-OH is 1. The molecule has 1 unspecified atom stereocenters. The number of rotatable bonds is 10. The zero-order valence-electron chi connectivity index (χ0n) is 12.5. The van der Waals surface area contributed by atoms with Crippen molar-refractivity contribution in [2.45, 2.75) is 38.8 Å². The Morgan fingerprint density at radius 1 is 1.17 bits per heavy atom. The highest BCUT2D eigenvalue weighted by atomic mass is 16.3. The topological polar surface area (TPSA) is 38.7 Å². The maximum atomic E-state index is 10.1. The summed E-state index contributed by atoms with van der Waals surface area (Å²) in [6.45, 7) is 9.14. The second-order valence-electron chi connectivity index (χ2n) is 6.29. The van der Waals surface area contributed by atoms with Crippen molar-refractivity contribution in [3.8, 4) is 0 Å². The molecule has 0 aliphatic heterocycles. The summed E-state index contributed by atoms with van der Waals surface area (Å²) in [7, 11) is 4.19. The third kappa shape index (κ3) is 8.03. The SMILES string of the molecule is CC(C)CN(CCN(C)C)CC(O)CNC1CC1. The van der Waals surface area contributed by atoms with Crippen LogP contribution in [0.25, 0.3) is 0 Å². The van der Waals surface area contributed by atoms with E-state index >= 15 is 0 Å². The van der Waals surface area contributed by atoms with Crippen LogP contribution in [0.4, 0.5) is 0 Å². The minimum absolute atomic E-state index is 0.244. The van der Waals surface area contributed by atoms with Gasteiger partial charge in [0.05, 0.1) is 6.10 Å². The lowest BCUT2D eigenvalue weighted by Gasteiger charge is -2.28. The Bertz CT molecular complexity index is 217. The van der Waals surface area contributed by atoms with Crippen LogP contribution >= 0.6 is 0 Å². The summed E-state index contributed by atoms with van der Waals surface area (Å²) < 4.78 is 0. The lowest BCUT2D eigenvalue weighted by Crippen LogP contribution is -2.42. The van der Waals surface area contributed by atoms with E-state index in [1.165, 1.54) is 12.8 Å². The number of hydrogen-bond acceptors (Lipinski definition) is 4. The van der Waals surface area contributed by atoms with Crippen molar-refractivity contribution < 1.29 is 5.11 Å². The summed E-state index contributed by atoms with van der Waals surface area (Å²) in [4.78, 5) is 4.58. The molecule has 4 heteroatoms. The molecular weight excluding hydrogens is 226 g/mol. The van der Waals surface area contributed by atoms with Gasteiger partial charge in [0.2, 0.25) is 0 Å². The summed E-state index contributed by atoms with van der Waals surface area (Å²) in [6, 6.07) is 0.681. The molecule has 0 radical (unpaired) electrons. The average molecular weight is 257 g/mol. The first-order valence-corrected chi connectivity index (χ1v) is 7.26. The van der Waals surface area contributed by atoms with Crippen LogP contribution in [-0.2, 0) is 0 Å². The van der Waals surface area contributed by atoms with E-state index in [1.807, 2.05) is 0 Å². The van der Waals surface area contributed by atoms with Crippen LogP contribution in [0, 0.1) is 5.92 Å². The molecule has 0 spiro atoms. The Balaban J connectivity index is 2.23. The van der Waals surface area contributed by atoms with E-state index in [2.05, 4.69) is 43.1 Å². The number of nitrogens with zero attached hydrogens (tertiary/aromatic N) is 2. The van der Waals surface area contributed by atoms with Gasteiger partial charge in [-0.2, -0.15) is 0 Å². The highest BCUT2D eigenvalue weighted by Crippen LogP contribution is 2.18. The molecule has 4 nitrogen and oxygen atoms in total. The van der Waals surface area contributed by atoms with Gasteiger partial charge in [0, 0.05) is 38.8 Å². The third-order valence-electron chi connectivity index (χ3n) is 3.18. The van der Waals surface area contributed by atoms with Gasteiger partial charge >= 0.3 is 0 Å². The second-order valence-corrected chi connectivity index (χ2v) is 6.29. The highest BCUT2D eigenvalue weighted by Gasteiger charge is 2.22. The predicted octanol–water partition coefficient (Wildman–Crippen LogP) is 0.619. The molecule has 1 aliphatic carbocycles. The van der Waals surface area contributed by atoms with Crippen LogP contribution in [0.3, 0.4) is 0 Å². The van der Waals surface area contributed by atoms with Crippen LogP contribution in [0.5, 0.6) is 0 Å². The number of hydrogen-bond donors (Lipinski definition) is 2. The van der Waals surface area contributed by atoms with Gasteiger partial charge in [-0.3, -0.25) is 4.90 Å². The van der Waals surface area contributed by atoms with Gasteiger partial charge in [0.15, 0.2) is 0 Å². The van der Waals surface area contributed by atoms with Crippen molar-refractivity contribution in [1.82, 2.24) is 15.1 Å². The van der Waals surface area contributed by atoms with Crippen molar-refractivity contribution in [3.05, 3.63) is 0 Å². The van der Waals surface area contributed by atoms with Crippen LogP contribution in [0.15, 0.2) is 0 Å². The first-order valence-electron chi connectivity index (χ1n) is 7.26. The number of likely N-dealkylation sites (N-methyl/N-ethyl adjacent to an activating group) is 1. The molecule has 0 bridgehead atoms. The van der Waals surface area contributed by atoms with E-state index in [-0.39, 0.29) is 6.10 Å². The van der Waals surface area contributed by atoms with Gasteiger partial charge in [0.1, 0.15) is 0 Å². The van der Waals surface area contributed by atoms with Crippen molar-refractivity contribution in [2.75, 3.05) is 46.8 Å². The smallest absolute Gasteiger partial charge is 0.0791 e. The minimum atomic E-state index is -0.244. The Labute approximate surface area is 112 Å². The fraction of sp³-hybridized carbons (Fsp3) is 1.00. The molecule has 18 heavy (non-hydrogen) atoms. The Morgan fingerprint density at radius 3 is 2.33 bits per heavy atom. The van der Waals surface area contributed by atoms with E-state index in [1.54, 1.807) is 0 Å². The zero-order valence-corrected chi connectivity index (χ0v) is 12.5. The van der Waals surface area contributed by atoms with Crippen molar-refractivity contribution in [2.24, 2.45) is 5.92 Å². The van der Waals surface area contributed by atoms with Crippen LogP contribution in [0.2, 0.25) is 0 Å². The third-order valence-corrected chi connectivity index (χ3v) is 3.18. The van der Waals surface area contributed by atoms with Crippen molar-refractivity contribution in [3.63, 3.8) is 0 Å². The Hall–Kier alpha value is -0.160. The lowest BCUT2D eigenvalue weighted by molar-refractivity contribution is 0.0998. The van der Waals surface area contributed by atoms with Gasteiger partial charge in [-0.1, -0.05) is 13.8 Å². The molecular formula is C14H31N3O. The molecule has 0 amide bonds. The fourth-order valence-electron chi connectivity index (χ4n) is 2.07. The molecule has 0 saturated heterocycles. The van der Waals surface area contributed by atoms with E-state index in [0.717, 1.165) is 32.7 Å². The lowest BCUT2D eigenvalue weighted by atomic mass is 10.2. The quantitative estimate of drug-likeness (QED) is 0.602. The molecule has 2 N–H and O–H groups in total. The van der Waals surface area contributed by atoms with Crippen LogP contribution in [-0.4, -0.2) is 73.9 Å². The fourth-order valence-corrected chi connectivity index (χ4v) is 2.07. The van der Waals surface area contributed by atoms with E-state index in [0.29, 0.717) is 12.0 Å². The van der Waals surface area contributed by atoms with Crippen molar-refractivity contribution >= 4 is 0 Å². The summed E-state index contributed by atoms with van der Waals surface area (Å²) in [6.07, 6.45) is 2.32. The monoisotopic (exact) mass is 257 g/mol. The summed E-state index contributed by atoms with van der Waals surface area (Å²) in [5.41, 5.74) is 0. The molecule has 0 heterocycles. The van der Waals surface area contributed by atoms with Crippen LogP contribution < -0.4 is 5.32 Å². The largest absolute Gasteiger partial charge is 0.390 e. The minimum Gasteiger partial charge on any atom is -0.390 e. The molecule has 1 rings (SSSR count). The Kier molecular flexibility index (Phi) is 7.15. The van der Waals surface area contributed by atoms with Gasteiger partial charge in [0.25, 0.3) is 0 Å². The first kappa shape index (κ1) is 15.9. The van der Waals surface area contributed by atoms with Crippen molar-refractivity contribution in [1.29, 1.82) is 0 Å². The molecule has 0 aromatic carbocycles. The zero-order chi connectivity index (χ0) is 13.5. The maximum absolute atomic E-state index is 10.1. The van der Waals surface area contributed by atoms with Gasteiger partial charge in [-0.25, -0.2) is 0 Å². The first-order chi connectivity index (χ1) is 8.47. The van der Waals surface area contributed by atoms with E-state index in [9.17, 15) is 5.11 Å². The average Bonchev–Trinajstić information content (AvgIpc) is 3.06. The number of aliphatic hydroxyl groups is 1. The summed E-state index contributed by atoms with van der Waals surface area (Å²) in [5, 5.41) is 13.4. The van der Waals surface area contributed by atoms with E-state index < -0.39 is 0 Å². The van der Waals surface area contributed by atoms with Crippen LogP contribution in [0.1, 0.15) is 26.7 Å². The molecule has 1 atom stereocenters. The second kappa shape index (κ2) is 8.10. The summed E-state index contributed by atoms with van der Waals surface area (Å²) >= 11 is 0. The van der Waals surface area contributed by atoms with Gasteiger partial charge in [-0.05, 0) is 32.9 Å². The highest BCUT2D eigenvalue weighted by molar-refractivity contribution is 4.82. The summed E-state index contributed by atoms with van der Waals surface area (Å²) in [5.74, 6) is 0.649. The van der Waals surface area contributed by atoms with E-state index in [4.69, 9.17) is 0 Å². The standard InChI is InChI=1S/C14H31N3O/c1-12(2)10-17(8-7-16(3)4)11-14(18)9-15-13-5-6-13/h12-15,18H,5-11H2,1-4H3. The van der Waals surface area contributed by atoms with Gasteiger partial charge < -0.3 is 15.3 Å². The Morgan fingerprint density at radius 2 is 1.83 bits per heavy atom. The molecule has 1 aliphatic rings. The molecule has 0 aromatic heterocycles. The number of nitrogens with one attached hydrogen (secondary N) is 1. The predicted molar refractivity (Wildman–Crippen MR) is 76.9 cm³/mol. The molecule has 0 aromatic rings. The molecule has 1 saturated carbocycles. The molecule has 108 valence electrons. The molecule has 1 fully saturated rings. The normalized spacial score (nSPS) is 18.0. The maximum Gasteiger partial charge on any atom is 0.0791 e.